The Morgan fingerprint density at radius 1 is 0.875 bits per heavy atom. The highest BCUT2D eigenvalue weighted by Gasteiger charge is 2.34. The van der Waals surface area contributed by atoms with Crippen molar-refractivity contribution in [2.45, 2.75) is 76.2 Å². The van der Waals surface area contributed by atoms with Crippen molar-refractivity contribution in [2.24, 2.45) is 0 Å². The van der Waals surface area contributed by atoms with Gasteiger partial charge in [-0.2, -0.15) is 0 Å². The van der Waals surface area contributed by atoms with Crippen LogP contribution in [0.3, 0.4) is 0 Å². The second-order valence-corrected chi connectivity index (χ2v) is 12.6. The van der Waals surface area contributed by atoms with Crippen LogP contribution in [0.15, 0.2) is 77.6 Å². The van der Waals surface area contributed by atoms with Gasteiger partial charge in [0.1, 0.15) is 0 Å². The van der Waals surface area contributed by atoms with E-state index >= 15 is 0 Å². The summed E-state index contributed by atoms with van der Waals surface area (Å²) < 4.78 is 15.0. The lowest BCUT2D eigenvalue weighted by atomic mass is 9.98. The van der Waals surface area contributed by atoms with E-state index in [9.17, 15) is 19.5 Å². The first kappa shape index (κ1) is 33.6. The predicted molar refractivity (Wildman–Crippen MR) is 178 cm³/mol. The molecular formula is C36H43N5O7. The van der Waals surface area contributed by atoms with Crippen LogP contribution in [0.1, 0.15) is 79.2 Å². The Kier molecular flexibility index (Phi) is 11.0. The van der Waals surface area contributed by atoms with Crippen molar-refractivity contribution < 1.29 is 29.4 Å². The van der Waals surface area contributed by atoms with E-state index in [-0.39, 0.29) is 49.3 Å². The Morgan fingerprint density at radius 2 is 1.56 bits per heavy atom. The van der Waals surface area contributed by atoms with Gasteiger partial charge in [-0.15, -0.1) is 0 Å². The quantitative estimate of drug-likeness (QED) is 0.113. The van der Waals surface area contributed by atoms with Gasteiger partial charge >= 0.3 is 5.69 Å². The van der Waals surface area contributed by atoms with Crippen molar-refractivity contribution in [3.63, 3.8) is 0 Å². The van der Waals surface area contributed by atoms with Crippen LogP contribution in [0, 0.1) is 0 Å². The number of carbonyl (C=O) groups excluding carboxylic acids is 2. The van der Waals surface area contributed by atoms with E-state index in [1.165, 1.54) is 0 Å². The Bertz CT molecular complexity index is 1730. The van der Waals surface area contributed by atoms with Crippen molar-refractivity contribution in [1.29, 1.82) is 0 Å². The minimum absolute atomic E-state index is 0.0194. The molecule has 2 aliphatic heterocycles. The van der Waals surface area contributed by atoms with E-state index in [0.717, 1.165) is 65.8 Å². The van der Waals surface area contributed by atoms with Gasteiger partial charge in [-0.05, 0) is 48.1 Å². The lowest BCUT2D eigenvalue weighted by Gasteiger charge is -2.40. The van der Waals surface area contributed by atoms with Crippen LogP contribution < -0.4 is 16.5 Å². The molecule has 48 heavy (non-hydrogen) atoms. The van der Waals surface area contributed by atoms with Crippen molar-refractivity contribution >= 4 is 22.8 Å². The Hall–Kier alpha value is -4.33. The van der Waals surface area contributed by atoms with Crippen LogP contribution in [0.5, 0.6) is 0 Å². The molecule has 0 bridgehead atoms. The number of piperidine rings is 1. The molecule has 3 aromatic carbocycles. The number of amides is 2. The number of carbonyl (C=O) groups is 2. The van der Waals surface area contributed by atoms with Crippen LogP contribution in [-0.4, -0.2) is 62.3 Å². The number of fused-ring (bicyclic) bond motifs is 1. The van der Waals surface area contributed by atoms with Crippen molar-refractivity contribution in [3.05, 3.63) is 106 Å². The van der Waals surface area contributed by atoms with Gasteiger partial charge in [0.05, 0.1) is 29.8 Å². The van der Waals surface area contributed by atoms with E-state index in [4.69, 9.17) is 14.7 Å². The fourth-order valence-corrected chi connectivity index (χ4v) is 6.66. The average molecular weight is 658 g/mol. The van der Waals surface area contributed by atoms with E-state index in [0.29, 0.717) is 19.4 Å². The smallest absolute Gasteiger partial charge is 0.326 e. The number of aliphatic hydroxyl groups is 1. The molecule has 0 saturated carbocycles. The van der Waals surface area contributed by atoms with E-state index < -0.39 is 12.2 Å². The molecule has 3 heterocycles. The number of hydroxylamine groups is 1. The fraction of sp³-hybridized carbons (Fsp3) is 0.417. The van der Waals surface area contributed by atoms with Crippen LogP contribution >= 0.6 is 0 Å². The summed E-state index contributed by atoms with van der Waals surface area (Å²) in [4.78, 5) is 41.5. The highest BCUT2D eigenvalue weighted by atomic mass is 16.7. The Morgan fingerprint density at radius 3 is 2.29 bits per heavy atom. The van der Waals surface area contributed by atoms with E-state index in [2.05, 4.69) is 15.2 Å². The molecular weight excluding hydrogens is 614 g/mol. The van der Waals surface area contributed by atoms with Gasteiger partial charge < -0.3 is 29.8 Å². The van der Waals surface area contributed by atoms with Gasteiger partial charge in [-0.1, -0.05) is 60.7 Å². The normalized spacial score (nSPS) is 20.5. The number of rotatable bonds is 12. The molecule has 1 aromatic heterocycles. The number of aromatic amines is 1. The molecule has 3 unspecified atom stereocenters. The lowest BCUT2D eigenvalue weighted by Crippen LogP contribution is -2.43. The molecule has 4 aromatic rings. The minimum Gasteiger partial charge on any atom is -0.392 e. The molecule has 3 atom stereocenters. The summed E-state index contributed by atoms with van der Waals surface area (Å²) in [6.45, 7) is 2.78. The summed E-state index contributed by atoms with van der Waals surface area (Å²) in [6.07, 6.45) is 2.17. The molecule has 12 nitrogen and oxygen atoms in total. The van der Waals surface area contributed by atoms with Crippen LogP contribution in [0.4, 0.5) is 0 Å². The Labute approximate surface area is 278 Å². The number of aromatic nitrogens is 2. The average Bonchev–Trinajstić information content (AvgIpc) is 3.46. The first-order valence-corrected chi connectivity index (χ1v) is 16.6. The predicted octanol–water partition coefficient (Wildman–Crippen LogP) is 4.00. The molecule has 2 fully saturated rings. The molecule has 0 spiro atoms. The maximum absolute atomic E-state index is 12.8. The van der Waals surface area contributed by atoms with Crippen LogP contribution in [-0.2, 0) is 32.2 Å². The minimum atomic E-state index is -0.588. The Balaban J connectivity index is 1.09. The SMILES string of the molecule is O=C(CCCC(=O)NCc1ccc(C2OC(CN3CCC(n4c(=O)[nH]c5ccccc54)CC3)CC(c3ccc(CO)cc3)O2)cc1)NO. The lowest BCUT2D eigenvalue weighted by molar-refractivity contribution is -0.253. The largest absolute Gasteiger partial charge is 0.392 e. The third-order valence-corrected chi connectivity index (χ3v) is 9.30. The number of nitrogens with one attached hydrogen (secondary N) is 3. The number of aliphatic hydroxyl groups excluding tert-OH is 1. The number of hydrogen-bond donors (Lipinski definition) is 5. The molecule has 2 amide bonds. The standard InChI is InChI=1S/C36H43N5O7/c42-23-25-10-12-26(13-11-25)32-20-29(22-40-18-16-28(17-19-40)41-31-5-2-1-4-30(31)38-36(41)45)47-35(48-32)27-14-8-24(9-15-27)21-37-33(43)6-3-7-34(44)39-46/h1-2,4-5,8-15,28-29,32,35,42,46H,3,6-7,16-23H2,(H,37,43)(H,38,45)(H,39,44). The van der Waals surface area contributed by atoms with Crippen molar-refractivity contribution in [1.82, 2.24) is 25.2 Å². The maximum atomic E-state index is 12.8. The van der Waals surface area contributed by atoms with Gasteiger partial charge in [0, 0.05) is 57.0 Å². The molecule has 0 aliphatic carbocycles. The van der Waals surface area contributed by atoms with Crippen LogP contribution in [0.2, 0.25) is 0 Å². The van der Waals surface area contributed by atoms with Gasteiger partial charge in [-0.3, -0.25) is 19.4 Å². The van der Waals surface area contributed by atoms with Crippen LogP contribution in [0.25, 0.3) is 11.0 Å². The highest BCUT2D eigenvalue weighted by molar-refractivity contribution is 5.78. The molecule has 5 N–H and O–H groups in total. The summed E-state index contributed by atoms with van der Waals surface area (Å²) in [5, 5.41) is 21.0. The first-order valence-electron chi connectivity index (χ1n) is 16.6. The molecule has 2 aliphatic rings. The number of nitrogens with zero attached hydrogens (tertiary/aromatic N) is 2. The first-order chi connectivity index (χ1) is 23.4. The van der Waals surface area contributed by atoms with Gasteiger partial charge in [0.2, 0.25) is 11.8 Å². The van der Waals surface area contributed by atoms with Gasteiger partial charge in [-0.25, -0.2) is 10.3 Å². The van der Waals surface area contributed by atoms with Crippen molar-refractivity contribution in [2.75, 3.05) is 19.6 Å². The zero-order chi connectivity index (χ0) is 33.5. The van der Waals surface area contributed by atoms with Crippen molar-refractivity contribution in [3.8, 4) is 0 Å². The number of imidazole rings is 1. The fourth-order valence-electron chi connectivity index (χ4n) is 6.66. The summed E-state index contributed by atoms with van der Waals surface area (Å²) in [6, 6.07) is 23.6. The molecule has 0 radical (unpaired) electrons. The zero-order valence-electron chi connectivity index (χ0n) is 26.8. The van der Waals surface area contributed by atoms with E-state index in [1.54, 1.807) is 5.48 Å². The summed E-state index contributed by atoms with van der Waals surface area (Å²) in [5.41, 5.74) is 6.98. The maximum Gasteiger partial charge on any atom is 0.326 e. The number of para-hydroxylation sites is 2. The second-order valence-electron chi connectivity index (χ2n) is 12.6. The number of ether oxygens (including phenoxy) is 2. The van der Waals surface area contributed by atoms with Gasteiger partial charge in [0.25, 0.3) is 0 Å². The second kappa shape index (κ2) is 15.7. The highest BCUT2D eigenvalue weighted by Crippen LogP contribution is 2.38. The third kappa shape index (κ3) is 8.20. The third-order valence-electron chi connectivity index (χ3n) is 9.30. The number of likely N-dealkylation sites (tertiary alicyclic amines) is 1. The topological polar surface area (TPSA) is 158 Å². The number of hydrogen-bond acceptors (Lipinski definition) is 8. The number of benzene rings is 3. The van der Waals surface area contributed by atoms with E-state index in [1.807, 2.05) is 77.4 Å². The summed E-state index contributed by atoms with van der Waals surface area (Å²) in [7, 11) is 0. The molecule has 6 rings (SSSR count). The molecule has 2 saturated heterocycles. The number of H-pyrrole nitrogens is 1. The van der Waals surface area contributed by atoms with Gasteiger partial charge in [0.15, 0.2) is 6.29 Å². The molecule has 12 heteroatoms. The summed E-state index contributed by atoms with van der Waals surface area (Å²) in [5.74, 6) is -0.680. The monoisotopic (exact) mass is 657 g/mol. The summed E-state index contributed by atoms with van der Waals surface area (Å²) >= 11 is 0. The zero-order valence-corrected chi connectivity index (χ0v) is 26.8. The molecule has 254 valence electrons.